The standard InChI is InChI=1S/C23H22ClF4N5O3S/c1-32-19-17(21(35)33(2)22(32)36)20(31-18(30-19)11-3-6-13(25)7-4-11)37-10-16(34)29-15-9-12(23(26,27)28)5-8-14(15)24/h3-9,17-20,30-31H,10H2,1-2H3,(H,29,34). The topological polar surface area (TPSA) is 93.8 Å². The van der Waals surface area contributed by atoms with Crippen LogP contribution in [-0.2, 0) is 15.8 Å². The number of nitrogens with zero attached hydrogens (tertiary/aromatic N) is 2. The molecular formula is C23H22ClF4N5O3S. The van der Waals surface area contributed by atoms with Gasteiger partial charge in [0.25, 0.3) is 0 Å². The number of amides is 4. The second-order valence-electron chi connectivity index (χ2n) is 8.55. The number of urea groups is 1. The van der Waals surface area contributed by atoms with Crippen LogP contribution in [0.4, 0.5) is 28.0 Å². The first kappa shape index (κ1) is 27.2. The second kappa shape index (κ2) is 10.5. The molecule has 2 fully saturated rings. The van der Waals surface area contributed by atoms with E-state index in [0.29, 0.717) is 5.56 Å². The van der Waals surface area contributed by atoms with E-state index in [4.69, 9.17) is 11.6 Å². The summed E-state index contributed by atoms with van der Waals surface area (Å²) in [6.45, 7) is 0. The first-order valence-corrected chi connectivity index (χ1v) is 12.4. The molecule has 3 N–H and O–H groups in total. The lowest BCUT2D eigenvalue weighted by Crippen LogP contribution is -2.72. The van der Waals surface area contributed by atoms with E-state index in [1.165, 1.54) is 31.1 Å². The van der Waals surface area contributed by atoms with Crippen molar-refractivity contribution < 1.29 is 31.9 Å². The van der Waals surface area contributed by atoms with Gasteiger partial charge in [0.1, 0.15) is 5.82 Å². The molecule has 4 rings (SSSR count). The number of carbonyl (C=O) groups is 3. The molecule has 2 aliphatic rings. The lowest BCUT2D eigenvalue weighted by molar-refractivity contribution is -0.140. The molecule has 0 radical (unpaired) electrons. The van der Waals surface area contributed by atoms with Crippen molar-refractivity contribution in [1.29, 1.82) is 0 Å². The van der Waals surface area contributed by atoms with E-state index >= 15 is 0 Å². The van der Waals surface area contributed by atoms with E-state index in [0.717, 1.165) is 34.9 Å². The second-order valence-corrected chi connectivity index (χ2v) is 10.1. The minimum absolute atomic E-state index is 0.0630. The number of carbonyl (C=O) groups excluding carboxylic acids is 3. The molecule has 14 heteroatoms. The summed E-state index contributed by atoms with van der Waals surface area (Å²) in [5.74, 6) is -2.57. The summed E-state index contributed by atoms with van der Waals surface area (Å²) in [7, 11) is 2.89. The SMILES string of the molecule is CN1C(=O)C2C(SCC(=O)Nc3cc(C(F)(F)F)ccc3Cl)NC(c3ccc(F)cc3)NC2N(C)C1=O. The normalized spacial score (nSPS) is 24.2. The van der Waals surface area contributed by atoms with E-state index in [-0.39, 0.29) is 16.5 Å². The van der Waals surface area contributed by atoms with Gasteiger partial charge in [0.05, 0.1) is 45.6 Å². The molecule has 4 amide bonds. The van der Waals surface area contributed by atoms with Crippen molar-refractivity contribution in [2.75, 3.05) is 25.2 Å². The van der Waals surface area contributed by atoms with E-state index < -0.39 is 59.0 Å². The third kappa shape index (κ3) is 5.69. The molecule has 4 atom stereocenters. The van der Waals surface area contributed by atoms with Crippen LogP contribution in [0.15, 0.2) is 42.5 Å². The maximum absolute atomic E-state index is 13.4. The molecule has 2 saturated heterocycles. The Morgan fingerprint density at radius 3 is 2.43 bits per heavy atom. The third-order valence-electron chi connectivity index (χ3n) is 6.12. The molecule has 0 spiro atoms. The molecule has 4 unspecified atom stereocenters. The van der Waals surface area contributed by atoms with Gasteiger partial charge in [0.15, 0.2) is 0 Å². The lowest BCUT2D eigenvalue weighted by atomic mass is 9.96. The third-order valence-corrected chi connectivity index (χ3v) is 7.67. The highest BCUT2D eigenvalue weighted by molar-refractivity contribution is 8.00. The van der Waals surface area contributed by atoms with Crippen molar-refractivity contribution >= 4 is 46.9 Å². The fourth-order valence-electron chi connectivity index (χ4n) is 4.20. The summed E-state index contributed by atoms with van der Waals surface area (Å²) in [5, 5.41) is 8.05. The number of hydrogen-bond donors (Lipinski definition) is 3. The molecule has 0 aromatic heterocycles. The predicted octanol–water partition coefficient (Wildman–Crippen LogP) is 3.85. The fourth-order valence-corrected chi connectivity index (χ4v) is 5.47. The Morgan fingerprint density at radius 1 is 1.11 bits per heavy atom. The van der Waals surface area contributed by atoms with Gasteiger partial charge < -0.3 is 10.2 Å². The number of thioether (sulfide) groups is 1. The van der Waals surface area contributed by atoms with Gasteiger partial charge in [0, 0.05) is 14.1 Å². The van der Waals surface area contributed by atoms with Gasteiger partial charge in [-0.3, -0.25) is 25.1 Å². The summed E-state index contributed by atoms with van der Waals surface area (Å²) in [5.41, 5.74) is -0.521. The van der Waals surface area contributed by atoms with E-state index in [9.17, 15) is 31.9 Å². The Hall–Kier alpha value is -2.87. The zero-order chi connectivity index (χ0) is 27.1. The quantitative estimate of drug-likeness (QED) is 0.482. The fraction of sp³-hybridized carbons (Fsp3) is 0.348. The monoisotopic (exact) mass is 559 g/mol. The first-order chi connectivity index (χ1) is 17.4. The van der Waals surface area contributed by atoms with Crippen LogP contribution in [0.2, 0.25) is 5.02 Å². The maximum Gasteiger partial charge on any atom is 0.416 e. The zero-order valence-electron chi connectivity index (χ0n) is 19.5. The summed E-state index contributed by atoms with van der Waals surface area (Å²) in [4.78, 5) is 40.6. The summed E-state index contributed by atoms with van der Waals surface area (Å²) in [6.07, 6.45) is -5.93. The molecule has 0 bridgehead atoms. The largest absolute Gasteiger partial charge is 0.416 e. The van der Waals surface area contributed by atoms with E-state index in [2.05, 4.69) is 16.0 Å². The Balaban J connectivity index is 1.53. The Kier molecular flexibility index (Phi) is 7.70. The highest BCUT2D eigenvalue weighted by Gasteiger charge is 2.51. The van der Waals surface area contributed by atoms with Crippen molar-refractivity contribution in [2.24, 2.45) is 5.92 Å². The number of nitrogens with one attached hydrogen (secondary N) is 3. The number of fused-ring (bicyclic) bond motifs is 1. The van der Waals surface area contributed by atoms with Gasteiger partial charge in [-0.2, -0.15) is 13.2 Å². The number of anilines is 1. The smallest absolute Gasteiger partial charge is 0.324 e. The van der Waals surface area contributed by atoms with Crippen LogP contribution in [0, 0.1) is 11.7 Å². The van der Waals surface area contributed by atoms with Gasteiger partial charge in [-0.15, -0.1) is 11.8 Å². The number of benzene rings is 2. The minimum atomic E-state index is -4.61. The van der Waals surface area contributed by atoms with Gasteiger partial charge in [-0.05, 0) is 35.9 Å². The Labute approximate surface area is 218 Å². The van der Waals surface area contributed by atoms with Gasteiger partial charge in [-0.1, -0.05) is 23.7 Å². The van der Waals surface area contributed by atoms with Crippen molar-refractivity contribution in [3.8, 4) is 0 Å². The summed E-state index contributed by atoms with van der Waals surface area (Å²) in [6, 6.07) is 7.72. The lowest BCUT2D eigenvalue weighted by Gasteiger charge is -2.50. The molecule has 2 aromatic carbocycles. The van der Waals surface area contributed by atoms with Crippen LogP contribution in [0.5, 0.6) is 0 Å². The molecule has 8 nitrogen and oxygen atoms in total. The molecule has 2 aromatic rings. The zero-order valence-corrected chi connectivity index (χ0v) is 21.0. The van der Waals surface area contributed by atoms with Crippen molar-refractivity contribution in [3.05, 3.63) is 64.4 Å². The number of hydrogen-bond acceptors (Lipinski definition) is 6. The van der Waals surface area contributed by atoms with Gasteiger partial charge >= 0.3 is 12.2 Å². The average molecular weight is 560 g/mol. The van der Waals surface area contributed by atoms with Crippen LogP contribution in [0.25, 0.3) is 0 Å². The highest BCUT2D eigenvalue weighted by atomic mass is 35.5. The highest BCUT2D eigenvalue weighted by Crippen LogP contribution is 2.36. The number of rotatable bonds is 5. The average Bonchev–Trinajstić information content (AvgIpc) is 2.85. The van der Waals surface area contributed by atoms with Gasteiger partial charge in [-0.25, -0.2) is 9.18 Å². The maximum atomic E-state index is 13.4. The van der Waals surface area contributed by atoms with Crippen LogP contribution in [-0.4, -0.2) is 59.0 Å². The first-order valence-electron chi connectivity index (χ1n) is 11.0. The molecular weight excluding hydrogens is 538 g/mol. The van der Waals surface area contributed by atoms with Crippen molar-refractivity contribution in [1.82, 2.24) is 20.4 Å². The number of alkyl halides is 3. The number of halogens is 5. The molecule has 198 valence electrons. The molecule has 37 heavy (non-hydrogen) atoms. The minimum Gasteiger partial charge on any atom is -0.324 e. The Morgan fingerprint density at radius 2 is 1.78 bits per heavy atom. The molecule has 2 heterocycles. The summed E-state index contributed by atoms with van der Waals surface area (Å²) >= 11 is 7.02. The van der Waals surface area contributed by atoms with Crippen LogP contribution in [0.3, 0.4) is 0 Å². The Bertz CT molecular complexity index is 1220. The molecule has 0 saturated carbocycles. The van der Waals surface area contributed by atoms with Crippen LogP contribution < -0.4 is 16.0 Å². The van der Waals surface area contributed by atoms with Gasteiger partial charge in [0.2, 0.25) is 11.8 Å². The van der Waals surface area contributed by atoms with E-state index in [1.54, 1.807) is 12.1 Å². The van der Waals surface area contributed by atoms with Crippen LogP contribution in [0.1, 0.15) is 17.3 Å². The van der Waals surface area contributed by atoms with Crippen molar-refractivity contribution in [2.45, 2.75) is 23.9 Å². The summed E-state index contributed by atoms with van der Waals surface area (Å²) < 4.78 is 52.6. The number of imide groups is 1. The molecule has 0 aliphatic carbocycles. The van der Waals surface area contributed by atoms with Crippen molar-refractivity contribution in [3.63, 3.8) is 0 Å². The van der Waals surface area contributed by atoms with E-state index in [1.807, 2.05) is 0 Å². The molecule has 2 aliphatic heterocycles. The van der Waals surface area contributed by atoms with Crippen LogP contribution >= 0.6 is 23.4 Å². The predicted molar refractivity (Wildman–Crippen MR) is 130 cm³/mol.